The monoisotopic (exact) mass is 308 g/mol. The van der Waals surface area contributed by atoms with Crippen molar-refractivity contribution in [1.29, 1.82) is 0 Å². The second kappa shape index (κ2) is 6.00. The van der Waals surface area contributed by atoms with Crippen molar-refractivity contribution >= 4 is 11.6 Å². The molecule has 3 aromatic rings. The number of esters is 1. The van der Waals surface area contributed by atoms with Gasteiger partial charge in [-0.3, -0.25) is 0 Å². The van der Waals surface area contributed by atoms with Crippen LogP contribution in [0.5, 0.6) is 0 Å². The number of benzene rings is 1. The lowest BCUT2D eigenvalue weighted by Gasteiger charge is -2.05. The van der Waals surface area contributed by atoms with Crippen molar-refractivity contribution < 1.29 is 9.53 Å². The zero-order valence-corrected chi connectivity index (χ0v) is 13.0. The second-order valence-electron chi connectivity index (χ2n) is 5.08. The summed E-state index contributed by atoms with van der Waals surface area (Å²) in [4.78, 5) is 12.0. The molecule has 2 aromatic heterocycles. The largest absolute Gasteiger partial charge is 0.457 e. The number of carbonyl (C=O) groups is 1. The number of nitrogens with zero attached hydrogens (tertiary/aromatic N) is 4. The van der Waals surface area contributed by atoms with Crippen molar-refractivity contribution in [3.8, 4) is 11.1 Å². The molecule has 0 aliphatic rings. The van der Waals surface area contributed by atoms with E-state index < -0.39 is 5.97 Å². The highest BCUT2D eigenvalue weighted by Gasteiger charge is 2.20. The molecule has 0 saturated heterocycles. The molecule has 0 spiro atoms. The van der Waals surface area contributed by atoms with Gasteiger partial charge in [-0.25, -0.2) is 9.31 Å². The Morgan fingerprint density at radius 2 is 2.00 bits per heavy atom. The molecule has 6 heteroatoms. The van der Waals surface area contributed by atoms with Crippen molar-refractivity contribution in [3.63, 3.8) is 0 Å². The molecule has 23 heavy (non-hydrogen) atoms. The summed E-state index contributed by atoms with van der Waals surface area (Å²) in [7, 11) is 0. The number of fused-ring (bicyclic) bond motifs is 1. The number of hydrogen-bond donors (Lipinski definition) is 0. The predicted molar refractivity (Wildman–Crippen MR) is 86.2 cm³/mol. The van der Waals surface area contributed by atoms with Gasteiger partial charge in [0.2, 0.25) is 0 Å². The Bertz CT molecular complexity index is 884. The zero-order chi connectivity index (χ0) is 16.4. The lowest BCUT2D eigenvalue weighted by molar-refractivity contribution is 0.0539. The molecule has 116 valence electrons. The van der Waals surface area contributed by atoms with Gasteiger partial charge in [0.05, 0.1) is 17.0 Å². The topological polar surface area (TPSA) is 69.4 Å². The lowest BCUT2D eigenvalue weighted by Crippen LogP contribution is -2.14. The summed E-state index contributed by atoms with van der Waals surface area (Å²) in [5, 5.41) is 12.7. The summed E-state index contributed by atoms with van der Waals surface area (Å²) in [6.45, 7) is 7.33. The summed E-state index contributed by atoms with van der Waals surface area (Å²) in [5.41, 5.74) is 4.11. The molecule has 0 amide bonds. The number of carbonyl (C=O) groups excluding carboxylic acids is 1. The van der Waals surface area contributed by atoms with E-state index in [9.17, 15) is 4.79 Å². The van der Waals surface area contributed by atoms with E-state index in [1.54, 1.807) is 11.4 Å². The van der Waals surface area contributed by atoms with Gasteiger partial charge < -0.3 is 4.74 Å². The minimum atomic E-state index is -0.536. The Morgan fingerprint density at radius 3 is 2.70 bits per heavy atom. The SMILES string of the molecule is C=CCOC(=O)c1nnc2c(-c3ccccc3)c(C)nn2c1C. The third-order valence-electron chi connectivity index (χ3n) is 3.53. The summed E-state index contributed by atoms with van der Waals surface area (Å²) in [5.74, 6) is -0.536. The van der Waals surface area contributed by atoms with Gasteiger partial charge in [-0.15, -0.1) is 10.2 Å². The first kappa shape index (κ1) is 14.9. The maximum atomic E-state index is 12.0. The van der Waals surface area contributed by atoms with E-state index >= 15 is 0 Å². The third kappa shape index (κ3) is 2.59. The smallest absolute Gasteiger partial charge is 0.361 e. The third-order valence-corrected chi connectivity index (χ3v) is 3.53. The fraction of sp³-hybridized carbons (Fsp3) is 0.176. The number of ether oxygens (including phenoxy) is 1. The summed E-state index contributed by atoms with van der Waals surface area (Å²) in [6.07, 6.45) is 1.50. The second-order valence-corrected chi connectivity index (χ2v) is 5.08. The number of rotatable bonds is 4. The quantitative estimate of drug-likeness (QED) is 0.547. The molecular formula is C17H16N4O2. The van der Waals surface area contributed by atoms with Crippen LogP contribution >= 0.6 is 0 Å². The van der Waals surface area contributed by atoms with Gasteiger partial charge in [0.15, 0.2) is 11.3 Å². The molecule has 0 radical (unpaired) electrons. The van der Waals surface area contributed by atoms with Crippen LogP contribution in [0.25, 0.3) is 16.8 Å². The van der Waals surface area contributed by atoms with E-state index in [4.69, 9.17) is 4.74 Å². The molecule has 0 aliphatic heterocycles. The van der Waals surface area contributed by atoms with Crippen molar-refractivity contribution in [1.82, 2.24) is 19.8 Å². The molecule has 6 nitrogen and oxygen atoms in total. The van der Waals surface area contributed by atoms with Crippen LogP contribution in [-0.2, 0) is 4.74 Å². The van der Waals surface area contributed by atoms with E-state index in [2.05, 4.69) is 21.9 Å². The van der Waals surface area contributed by atoms with E-state index in [1.165, 1.54) is 6.08 Å². The number of aryl methyl sites for hydroxylation is 2. The van der Waals surface area contributed by atoms with Gasteiger partial charge in [-0.1, -0.05) is 43.0 Å². The molecular weight excluding hydrogens is 292 g/mol. The molecule has 0 fully saturated rings. The Labute approximate surface area is 133 Å². The van der Waals surface area contributed by atoms with Gasteiger partial charge in [-0.2, -0.15) is 5.10 Å². The predicted octanol–water partition coefficient (Wildman–Crippen LogP) is 2.75. The lowest BCUT2D eigenvalue weighted by atomic mass is 10.1. The van der Waals surface area contributed by atoms with E-state index in [0.29, 0.717) is 11.3 Å². The Balaban J connectivity index is 2.14. The van der Waals surface area contributed by atoms with Crippen LogP contribution in [0.2, 0.25) is 0 Å². The molecule has 0 aliphatic carbocycles. The van der Waals surface area contributed by atoms with Crippen molar-refractivity contribution in [2.24, 2.45) is 0 Å². The van der Waals surface area contributed by atoms with Gasteiger partial charge in [0, 0.05) is 0 Å². The summed E-state index contributed by atoms with van der Waals surface area (Å²) >= 11 is 0. The van der Waals surface area contributed by atoms with Crippen LogP contribution in [-0.4, -0.2) is 32.4 Å². The summed E-state index contributed by atoms with van der Waals surface area (Å²) < 4.78 is 6.66. The van der Waals surface area contributed by atoms with Gasteiger partial charge in [0.1, 0.15) is 6.61 Å². The normalized spacial score (nSPS) is 10.7. The minimum Gasteiger partial charge on any atom is -0.457 e. The van der Waals surface area contributed by atoms with Crippen molar-refractivity contribution in [2.75, 3.05) is 6.61 Å². The van der Waals surface area contributed by atoms with Crippen LogP contribution in [0.15, 0.2) is 43.0 Å². The maximum absolute atomic E-state index is 12.0. The highest BCUT2D eigenvalue weighted by atomic mass is 16.5. The van der Waals surface area contributed by atoms with Gasteiger partial charge in [-0.05, 0) is 19.4 Å². The van der Waals surface area contributed by atoms with Gasteiger partial charge >= 0.3 is 5.97 Å². The van der Waals surface area contributed by atoms with E-state index in [-0.39, 0.29) is 12.3 Å². The fourth-order valence-corrected chi connectivity index (χ4v) is 2.45. The van der Waals surface area contributed by atoms with E-state index in [0.717, 1.165) is 16.8 Å². The van der Waals surface area contributed by atoms with Gasteiger partial charge in [0.25, 0.3) is 0 Å². The van der Waals surface area contributed by atoms with Crippen LogP contribution in [0.3, 0.4) is 0 Å². The summed E-state index contributed by atoms with van der Waals surface area (Å²) in [6, 6.07) is 9.86. The molecule has 0 N–H and O–H groups in total. The maximum Gasteiger partial charge on any atom is 0.361 e. The molecule has 3 rings (SSSR count). The van der Waals surface area contributed by atoms with Crippen molar-refractivity contribution in [2.45, 2.75) is 13.8 Å². The Kier molecular flexibility index (Phi) is 3.89. The molecule has 0 unspecified atom stereocenters. The van der Waals surface area contributed by atoms with Crippen LogP contribution in [0.4, 0.5) is 0 Å². The first-order valence-corrected chi connectivity index (χ1v) is 7.19. The number of hydrogen-bond acceptors (Lipinski definition) is 5. The average molecular weight is 308 g/mol. The molecule has 0 saturated carbocycles. The van der Waals surface area contributed by atoms with Crippen molar-refractivity contribution in [3.05, 3.63) is 60.1 Å². The minimum absolute atomic E-state index is 0.130. The fourth-order valence-electron chi connectivity index (χ4n) is 2.45. The average Bonchev–Trinajstić information content (AvgIpc) is 2.91. The molecule has 2 heterocycles. The first-order valence-electron chi connectivity index (χ1n) is 7.19. The van der Waals surface area contributed by atoms with E-state index in [1.807, 2.05) is 37.3 Å². The Hall–Kier alpha value is -3.02. The first-order chi connectivity index (χ1) is 11.1. The standard InChI is InChI=1S/C17H16N4O2/c1-4-10-23-17(22)15-12(3)21-16(19-18-15)14(11(2)20-21)13-8-6-5-7-9-13/h4-9H,1,10H2,2-3H3. The molecule has 1 aromatic carbocycles. The van der Waals surface area contributed by atoms with Crippen LogP contribution in [0, 0.1) is 13.8 Å². The van der Waals surface area contributed by atoms with Crippen LogP contribution in [0.1, 0.15) is 21.9 Å². The zero-order valence-electron chi connectivity index (χ0n) is 13.0. The molecule has 0 bridgehead atoms. The highest BCUT2D eigenvalue weighted by molar-refractivity contribution is 5.89. The Morgan fingerprint density at radius 1 is 1.26 bits per heavy atom. The molecule has 0 atom stereocenters. The van der Waals surface area contributed by atoms with Crippen LogP contribution < -0.4 is 0 Å². The number of aromatic nitrogens is 4. The highest BCUT2D eigenvalue weighted by Crippen LogP contribution is 2.27.